The van der Waals surface area contributed by atoms with Gasteiger partial charge in [-0.15, -0.1) is 0 Å². The lowest BCUT2D eigenvalue weighted by Crippen LogP contribution is -2.56. The van der Waals surface area contributed by atoms with Crippen LogP contribution in [0.4, 0.5) is 8.78 Å². The van der Waals surface area contributed by atoms with E-state index in [1.54, 1.807) is 12.1 Å². The van der Waals surface area contributed by atoms with Crippen molar-refractivity contribution in [1.29, 1.82) is 0 Å². The molecule has 0 radical (unpaired) electrons. The molecule has 0 saturated carbocycles. The molecule has 1 amide bonds. The number of rotatable bonds is 4. The van der Waals surface area contributed by atoms with Crippen LogP contribution in [0.25, 0.3) is 0 Å². The van der Waals surface area contributed by atoms with Gasteiger partial charge < -0.3 is 11.1 Å². The van der Waals surface area contributed by atoms with Crippen molar-refractivity contribution in [3.8, 4) is 0 Å². The highest BCUT2D eigenvalue weighted by Crippen LogP contribution is 2.19. The molecule has 1 aliphatic heterocycles. The highest BCUT2D eigenvalue weighted by atomic mass is 19.3. The zero-order chi connectivity index (χ0) is 13.8. The minimum atomic E-state index is -2.45. The summed E-state index contributed by atoms with van der Waals surface area (Å²) in [6.45, 7) is 2.58. The minimum absolute atomic E-state index is 0.00973. The summed E-state index contributed by atoms with van der Waals surface area (Å²) in [6.07, 6.45) is -2.45. The molecule has 1 aromatic rings. The Hall–Kier alpha value is -1.53. The first-order valence-electron chi connectivity index (χ1n) is 6.19. The quantitative estimate of drug-likeness (QED) is 0.853. The lowest BCUT2D eigenvalue weighted by Gasteiger charge is -2.34. The Morgan fingerprint density at radius 2 is 2.11 bits per heavy atom. The molecule has 1 saturated heterocycles. The van der Waals surface area contributed by atoms with E-state index in [0.29, 0.717) is 19.6 Å². The maximum atomic E-state index is 12.4. The van der Waals surface area contributed by atoms with Crippen LogP contribution in [0.15, 0.2) is 24.3 Å². The summed E-state index contributed by atoms with van der Waals surface area (Å²) in [6, 6.07) is 5.83. The van der Waals surface area contributed by atoms with E-state index in [4.69, 9.17) is 5.73 Å². The van der Waals surface area contributed by atoms with E-state index in [0.717, 1.165) is 12.1 Å². The van der Waals surface area contributed by atoms with Crippen molar-refractivity contribution in [2.24, 2.45) is 5.73 Å². The standard InChI is InChI=1S/C13H17F2N3O/c14-12(15)10-3-1-9(2-4-10)8-18-6-5-17-7-11(18)13(16)19/h1-4,11-12,17H,5-8H2,(H2,16,19). The van der Waals surface area contributed by atoms with Crippen molar-refractivity contribution in [2.45, 2.75) is 19.0 Å². The summed E-state index contributed by atoms with van der Waals surface area (Å²) in [5.74, 6) is -0.364. The molecule has 6 heteroatoms. The summed E-state index contributed by atoms with van der Waals surface area (Å²) < 4.78 is 24.9. The van der Waals surface area contributed by atoms with E-state index in [9.17, 15) is 13.6 Å². The van der Waals surface area contributed by atoms with Crippen LogP contribution in [-0.4, -0.2) is 36.5 Å². The van der Waals surface area contributed by atoms with Gasteiger partial charge in [0, 0.05) is 31.7 Å². The van der Waals surface area contributed by atoms with Crippen LogP contribution in [0.1, 0.15) is 17.6 Å². The Balaban J connectivity index is 2.04. The Bertz CT molecular complexity index is 436. The van der Waals surface area contributed by atoms with E-state index in [2.05, 4.69) is 5.32 Å². The minimum Gasteiger partial charge on any atom is -0.368 e. The van der Waals surface area contributed by atoms with Crippen LogP contribution in [0.3, 0.4) is 0 Å². The summed E-state index contributed by atoms with van der Waals surface area (Å²) >= 11 is 0. The van der Waals surface area contributed by atoms with Crippen LogP contribution < -0.4 is 11.1 Å². The molecule has 0 spiro atoms. The number of piperazine rings is 1. The number of nitrogens with zero attached hydrogens (tertiary/aromatic N) is 1. The maximum absolute atomic E-state index is 12.4. The highest BCUT2D eigenvalue weighted by molar-refractivity contribution is 5.80. The van der Waals surface area contributed by atoms with Gasteiger partial charge in [0.1, 0.15) is 6.04 Å². The Morgan fingerprint density at radius 1 is 1.42 bits per heavy atom. The summed E-state index contributed by atoms with van der Waals surface area (Å²) in [5.41, 5.74) is 6.27. The molecule has 1 aliphatic rings. The van der Waals surface area contributed by atoms with Crippen LogP contribution in [0.5, 0.6) is 0 Å². The fraction of sp³-hybridized carbons (Fsp3) is 0.462. The van der Waals surface area contributed by atoms with E-state index in [-0.39, 0.29) is 17.5 Å². The van der Waals surface area contributed by atoms with Gasteiger partial charge in [0.25, 0.3) is 6.43 Å². The van der Waals surface area contributed by atoms with Crippen LogP contribution in [0, 0.1) is 0 Å². The summed E-state index contributed by atoms with van der Waals surface area (Å²) in [5, 5.41) is 3.11. The molecule has 1 unspecified atom stereocenters. The number of amides is 1. The number of benzene rings is 1. The second-order valence-electron chi connectivity index (χ2n) is 4.64. The maximum Gasteiger partial charge on any atom is 0.263 e. The van der Waals surface area contributed by atoms with E-state index < -0.39 is 6.43 Å². The van der Waals surface area contributed by atoms with Gasteiger partial charge in [0.05, 0.1) is 0 Å². The van der Waals surface area contributed by atoms with Crippen molar-refractivity contribution >= 4 is 5.91 Å². The predicted molar refractivity (Wildman–Crippen MR) is 67.7 cm³/mol. The zero-order valence-electron chi connectivity index (χ0n) is 10.5. The Kier molecular flexibility index (Phi) is 4.44. The first-order chi connectivity index (χ1) is 9.08. The fourth-order valence-corrected chi connectivity index (χ4v) is 2.22. The predicted octanol–water partition coefficient (Wildman–Crippen LogP) is 0.883. The van der Waals surface area contributed by atoms with Gasteiger partial charge in [-0.2, -0.15) is 0 Å². The Morgan fingerprint density at radius 3 is 2.68 bits per heavy atom. The zero-order valence-corrected chi connectivity index (χ0v) is 10.5. The van der Waals surface area contributed by atoms with Crippen LogP contribution in [0.2, 0.25) is 0 Å². The number of carbonyl (C=O) groups excluding carboxylic acids is 1. The summed E-state index contributed by atoms with van der Waals surface area (Å²) in [7, 11) is 0. The van der Waals surface area contributed by atoms with Crippen molar-refractivity contribution < 1.29 is 13.6 Å². The molecule has 19 heavy (non-hydrogen) atoms. The second kappa shape index (κ2) is 6.08. The van der Waals surface area contributed by atoms with Gasteiger partial charge in [0.2, 0.25) is 5.91 Å². The largest absolute Gasteiger partial charge is 0.368 e. The third kappa shape index (κ3) is 3.48. The molecule has 0 aromatic heterocycles. The number of alkyl halides is 2. The third-order valence-corrected chi connectivity index (χ3v) is 3.30. The van der Waals surface area contributed by atoms with E-state index in [1.807, 2.05) is 4.90 Å². The average molecular weight is 269 g/mol. The molecule has 1 aromatic carbocycles. The van der Waals surface area contributed by atoms with E-state index in [1.165, 1.54) is 12.1 Å². The highest BCUT2D eigenvalue weighted by Gasteiger charge is 2.26. The molecule has 1 fully saturated rings. The number of nitrogens with one attached hydrogen (secondary N) is 1. The molecule has 1 heterocycles. The van der Waals surface area contributed by atoms with Crippen molar-refractivity contribution in [3.05, 3.63) is 35.4 Å². The van der Waals surface area contributed by atoms with Gasteiger partial charge in [-0.3, -0.25) is 9.69 Å². The van der Waals surface area contributed by atoms with Crippen LogP contribution >= 0.6 is 0 Å². The number of primary amides is 1. The van der Waals surface area contributed by atoms with E-state index >= 15 is 0 Å². The molecule has 0 bridgehead atoms. The molecular formula is C13H17F2N3O. The lowest BCUT2D eigenvalue weighted by atomic mass is 10.1. The monoisotopic (exact) mass is 269 g/mol. The molecule has 3 N–H and O–H groups in total. The van der Waals surface area contributed by atoms with Gasteiger partial charge in [-0.05, 0) is 5.56 Å². The van der Waals surface area contributed by atoms with Gasteiger partial charge >= 0.3 is 0 Å². The third-order valence-electron chi connectivity index (χ3n) is 3.30. The Labute approximate surface area is 110 Å². The molecule has 104 valence electrons. The number of carbonyl (C=O) groups is 1. The molecule has 0 aliphatic carbocycles. The normalized spacial score (nSPS) is 20.7. The first kappa shape index (κ1) is 13.9. The van der Waals surface area contributed by atoms with Gasteiger partial charge in [0.15, 0.2) is 0 Å². The molecule has 2 rings (SSSR count). The van der Waals surface area contributed by atoms with Crippen molar-refractivity contribution in [2.75, 3.05) is 19.6 Å². The second-order valence-corrected chi connectivity index (χ2v) is 4.64. The number of nitrogens with two attached hydrogens (primary N) is 1. The molecule has 4 nitrogen and oxygen atoms in total. The average Bonchev–Trinajstić information content (AvgIpc) is 2.39. The van der Waals surface area contributed by atoms with Gasteiger partial charge in [-0.1, -0.05) is 24.3 Å². The van der Waals surface area contributed by atoms with Crippen LogP contribution in [-0.2, 0) is 11.3 Å². The first-order valence-corrected chi connectivity index (χ1v) is 6.19. The summed E-state index contributed by atoms with van der Waals surface area (Å²) in [4.78, 5) is 13.3. The lowest BCUT2D eigenvalue weighted by molar-refractivity contribution is -0.124. The number of hydrogen-bond acceptors (Lipinski definition) is 3. The smallest absolute Gasteiger partial charge is 0.263 e. The number of hydrogen-bond donors (Lipinski definition) is 2. The number of halogens is 2. The molecule has 1 atom stereocenters. The van der Waals surface area contributed by atoms with Gasteiger partial charge in [-0.25, -0.2) is 8.78 Å². The van der Waals surface area contributed by atoms with Crippen molar-refractivity contribution in [3.63, 3.8) is 0 Å². The molecular weight excluding hydrogens is 252 g/mol. The SMILES string of the molecule is NC(=O)C1CNCCN1Cc1ccc(C(F)F)cc1. The fourth-order valence-electron chi connectivity index (χ4n) is 2.22. The topological polar surface area (TPSA) is 58.4 Å². The van der Waals surface area contributed by atoms with Crippen molar-refractivity contribution in [1.82, 2.24) is 10.2 Å².